The molecule has 2 nitrogen and oxygen atoms in total. The molecule has 3 rings (SSSR count). The van der Waals surface area contributed by atoms with E-state index in [9.17, 15) is 0 Å². The quantitative estimate of drug-likeness (QED) is 0.678. The molecule has 1 heterocycles. The van der Waals surface area contributed by atoms with Gasteiger partial charge in [0.05, 0.1) is 12.8 Å². The highest BCUT2D eigenvalue weighted by molar-refractivity contribution is 5.87. The summed E-state index contributed by atoms with van der Waals surface area (Å²) in [6.07, 6.45) is 1.95. The second kappa shape index (κ2) is 4.73. The predicted octanol–water partition coefficient (Wildman–Crippen LogP) is 4.22. The zero-order valence-corrected chi connectivity index (χ0v) is 11.1. The maximum Gasteiger partial charge on any atom is 0.118 e. The van der Waals surface area contributed by atoms with Crippen LogP contribution in [0.4, 0.5) is 0 Å². The molecule has 0 aliphatic carbocycles. The van der Waals surface area contributed by atoms with Crippen molar-refractivity contribution in [3.05, 3.63) is 60.3 Å². The van der Waals surface area contributed by atoms with Gasteiger partial charge in [-0.15, -0.1) is 0 Å². The van der Waals surface area contributed by atoms with Gasteiger partial charge in [-0.3, -0.25) is 4.98 Å². The molecule has 2 aromatic carbocycles. The van der Waals surface area contributed by atoms with Crippen molar-refractivity contribution in [3.63, 3.8) is 0 Å². The molecule has 19 heavy (non-hydrogen) atoms. The Kier molecular flexibility index (Phi) is 2.92. The lowest BCUT2D eigenvalue weighted by Crippen LogP contribution is -1.87. The van der Waals surface area contributed by atoms with Gasteiger partial charge in [-0.1, -0.05) is 18.2 Å². The first-order chi connectivity index (χ1) is 9.28. The molecule has 0 saturated carbocycles. The smallest absolute Gasteiger partial charge is 0.118 e. The van der Waals surface area contributed by atoms with Gasteiger partial charge in [0, 0.05) is 17.1 Å². The second-order valence-corrected chi connectivity index (χ2v) is 4.59. The molecule has 0 radical (unpaired) electrons. The molecule has 0 spiro atoms. The fraction of sp³-hybridized carbons (Fsp3) is 0.118. The monoisotopic (exact) mass is 249 g/mol. The molecule has 1 aromatic heterocycles. The van der Waals surface area contributed by atoms with Crippen LogP contribution in [0, 0.1) is 6.92 Å². The van der Waals surface area contributed by atoms with E-state index in [1.807, 2.05) is 30.5 Å². The van der Waals surface area contributed by atoms with Crippen LogP contribution in [0.5, 0.6) is 5.75 Å². The molecular formula is C17H15NO. The van der Waals surface area contributed by atoms with Gasteiger partial charge < -0.3 is 4.74 Å². The standard InChI is InChI=1S/C17H15NO/c1-12-4-3-5-14-10-17(18-11-16(12)14)13-6-8-15(19-2)9-7-13/h3-11H,1-2H3. The van der Waals surface area contributed by atoms with Crippen LogP contribution in [0.2, 0.25) is 0 Å². The van der Waals surface area contributed by atoms with Crippen LogP contribution < -0.4 is 4.74 Å². The third kappa shape index (κ3) is 2.17. The Morgan fingerprint density at radius 1 is 1.00 bits per heavy atom. The van der Waals surface area contributed by atoms with Crippen LogP contribution in [-0.2, 0) is 0 Å². The van der Waals surface area contributed by atoms with Gasteiger partial charge in [0.1, 0.15) is 5.75 Å². The largest absolute Gasteiger partial charge is 0.497 e. The van der Waals surface area contributed by atoms with E-state index in [4.69, 9.17) is 4.74 Å². The minimum Gasteiger partial charge on any atom is -0.497 e. The summed E-state index contributed by atoms with van der Waals surface area (Å²) in [6.45, 7) is 2.11. The molecule has 0 N–H and O–H groups in total. The summed E-state index contributed by atoms with van der Waals surface area (Å²) < 4.78 is 5.17. The molecule has 0 aliphatic rings. The van der Waals surface area contributed by atoms with Crippen LogP contribution in [0.3, 0.4) is 0 Å². The van der Waals surface area contributed by atoms with E-state index in [0.717, 1.165) is 17.0 Å². The highest BCUT2D eigenvalue weighted by Gasteiger charge is 2.03. The van der Waals surface area contributed by atoms with Crippen LogP contribution in [0.15, 0.2) is 54.7 Å². The number of aromatic nitrogens is 1. The highest BCUT2D eigenvalue weighted by Crippen LogP contribution is 2.25. The molecule has 3 aromatic rings. The molecule has 0 bridgehead atoms. The first-order valence-corrected chi connectivity index (χ1v) is 6.28. The Morgan fingerprint density at radius 2 is 1.79 bits per heavy atom. The lowest BCUT2D eigenvalue weighted by molar-refractivity contribution is 0.415. The Morgan fingerprint density at radius 3 is 2.53 bits per heavy atom. The average molecular weight is 249 g/mol. The molecular weight excluding hydrogens is 234 g/mol. The Hall–Kier alpha value is -2.35. The van der Waals surface area contributed by atoms with Crippen molar-refractivity contribution in [2.45, 2.75) is 6.92 Å². The predicted molar refractivity (Wildman–Crippen MR) is 78.5 cm³/mol. The SMILES string of the molecule is COc1ccc(-c2cc3cccc(C)c3cn2)cc1. The molecule has 0 aliphatic heterocycles. The molecule has 2 heteroatoms. The summed E-state index contributed by atoms with van der Waals surface area (Å²) in [6, 6.07) is 16.4. The minimum absolute atomic E-state index is 0.861. The van der Waals surface area contributed by atoms with Crippen LogP contribution >= 0.6 is 0 Å². The van der Waals surface area contributed by atoms with Gasteiger partial charge in [-0.2, -0.15) is 0 Å². The van der Waals surface area contributed by atoms with Crippen molar-refractivity contribution in [2.75, 3.05) is 7.11 Å². The highest BCUT2D eigenvalue weighted by atomic mass is 16.5. The summed E-state index contributed by atoms with van der Waals surface area (Å²) >= 11 is 0. The van der Waals surface area contributed by atoms with Crippen LogP contribution in [0.1, 0.15) is 5.56 Å². The number of pyridine rings is 1. The number of rotatable bonds is 2. The fourth-order valence-electron chi connectivity index (χ4n) is 2.24. The molecule has 0 atom stereocenters. The van der Waals surface area contributed by atoms with Crippen molar-refractivity contribution in [1.82, 2.24) is 4.98 Å². The number of hydrogen-bond acceptors (Lipinski definition) is 2. The topological polar surface area (TPSA) is 22.1 Å². The Bertz CT molecular complexity index is 717. The van der Waals surface area contributed by atoms with E-state index in [2.05, 4.69) is 36.2 Å². The number of methoxy groups -OCH3 is 1. The zero-order valence-electron chi connectivity index (χ0n) is 11.1. The van der Waals surface area contributed by atoms with Crippen molar-refractivity contribution in [1.29, 1.82) is 0 Å². The fourth-order valence-corrected chi connectivity index (χ4v) is 2.24. The van der Waals surface area contributed by atoms with Crippen molar-refractivity contribution >= 4 is 10.8 Å². The molecule has 94 valence electrons. The third-order valence-electron chi connectivity index (χ3n) is 3.37. The molecule has 0 fully saturated rings. The van der Waals surface area contributed by atoms with E-state index in [1.54, 1.807) is 7.11 Å². The average Bonchev–Trinajstić information content (AvgIpc) is 2.47. The van der Waals surface area contributed by atoms with Gasteiger partial charge in [0.25, 0.3) is 0 Å². The van der Waals surface area contributed by atoms with Gasteiger partial charge >= 0.3 is 0 Å². The van der Waals surface area contributed by atoms with Gasteiger partial charge in [-0.25, -0.2) is 0 Å². The molecule has 0 amide bonds. The summed E-state index contributed by atoms with van der Waals surface area (Å²) in [5.41, 5.74) is 3.34. The molecule has 0 unspecified atom stereocenters. The zero-order chi connectivity index (χ0) is 13.2. The lowest BCUT2D eigenvalue weighted by Gasteiger charge is -2.06. The number of aryl methyl sites for hydroxylation is 1. The number of ether oxygens (including phenoxy) is 1. The third-order valence-corrected chi connectivity index (χ3v) is 3.37. The summed E-state index contributed by atoms with van der Waals surface area (Å²) in [7, 11) is 1.67. The van der Waals surface area contributed by atoms with E-state index >= 15 is 0 Å². The van der Waals surface area contributed by atoms with E-state index in [1.165, 1.54) is 16.3 Å². The van der Waals surface area contributed by atoms with E-state index < -0.39 is 0 Å². The number of benzene rings is 2. The Labute approximate surface area is 112 Å². The van der Waals surface area contributed by atoms with Gasteiger partial charge in [0.2, 0.25) is 0 Å². The summed E-state index contributed by atoms with van der Waals surface area (Å²) in [5.74, 6) is 0.861. The first kappa shape index (κ1) is 11.7. The summed E-state index contributed by atoms with van der Waals surface area (Å²) in [4.78, 5) is 4.55. The maximum atomic E-state index is 5.17. The van der Waals surface area contributed by atoms with Gasteiger partial charge in [0.15, 0.2) is 0 Å². The normalized spacial score (nSPS) is 10.6. The Balaban J connectivity index is 2.09. The summed E-state index contributed by atoms with van der Waals surface area (Å²) in [5, 5.41) is 2.43. The minimum atomic E-state index is 0.861. The van der Waals surface area contributed by atoms with E-state index in [-0.39, 0.29) is 0 Å². The van der Waals surface area contributed by atoms with Crippen molar-refractivity contribution in [3.8, 4) is 17.0 Å². The number of nitrogens with zero attached hydrogens (tertiary/aromatic N) is 1. The van der Waals surface area contributed by atoms with Crippen LogP contribution in [-0.4, -0.2) is 12.1 Å². The van der Waals surface area contributed by atoms with Crippen LogP contribution in [0.25, 0.3) is 22.0 Å². The maximum absolute atomic E-state index is 5.17. The van der Waals surface area contributed by atoms with E-state index in [0.29, 0.717) is 0 Å². The lowest BCUT2D eigenvalue weighted by atomic mass is 10.0. The second-order valence-electron chi connectivity index (χ2n) is 4.59. The first-order valence-electron chi connectivity index (χ1n) is 6.28. The van der Waals surface area contributed by atoms with Crippen molar-refractivity contribution < 1.29 is 4.74 Å². The number of hydrogen-bond donors (Lipinski definition) is 0. The molecule has 0 saturated heterocycles. The van der Waals surface area contributed by atoms with Gasteiger partial charge in [-0.05, 0) is 48.2 Å². The van der Waals surface area contributed by atoms with Crippen molar-refractivity contribution in [2.24, 2.45) is 0 Å². The number of fused-ring (bicyclic) bond motifs is 1.